The number of halogens is 1. The first-order chi connectivity index (χ1) is 7.74. The van der Waals surface area contributed by atoms with Crippen molar-refractivity contribution in [1.29, 1.82) is 0 Å². The zero-order valence-electron chi connectivity index (χ0n) is 9.42. The van der Waals surface area contributed by atoms with Crippen molar-refractivity contribution in [3.8, 4) is 0 Å². The van der Waals surface area contributed by atoms with E-state index in [1.54, 1.807) is 0 Å². The standard InChI is InChI=1S/C12H17BrN2O/c1-2-3-8-14-9-12(16)15-11-7-5-4-6-10(11)13/h4-7,14H,2-3,8-9H2,1H3,(H,15,16). The number of hydrogen-bond donors (Lipinski definition) is 2. The summed E-state index contributed by atoms with van der Waals surface area (Å²) in [7, 11) is 0. The molecule has 4 heteroatoms. The van der Waals surface area contributed by atoms with Gasteiger partial charge in [-0.3, -0.25) is 4.79 Å². The van der Waals surface area contributed by atoms with Gasteiger partial charge in [0.25, 0.3) is 0 Å². The molecule has 1 rings (SSSR count). The lowest BCUT2D eigenvalue weighted by Gasteiger charge is -2.07. The Morgan fingerprint density at radius 3 is 2.81 bits per heavy atom. The van der Waals surface area contributed by atoms with Crippen LogP contribution in [0.5, 0.6) is 0 Å². The van der Waals surface area contributed by atoms with E-state index in [2.05, 4.69) is 33.5 Å². The molecule has 0 atom stereocenters. The van der Waals surface area contributed by atoms with Gasteiger partial charge in [0.15, 0.2) is 0 Å². The number of para-hydroxylation sites is 1. The van der Waals surface area contributed by atoms with Gasteiger partial charge in [0.05, 0.1) is 12.2 Å². The molecule has 0 saturated heterocycles. The zero-order valence-corrected chi connectivity index (χ0v) is 11.0. The first-order valence-electron chi connectivity index (χ1n) is 5.49. The minimum atomic E-state index is -0.0111. The number of rotatable bonds is 6. The van der Waals surface area contributed by atoms with Gasteiger partial charge in [-0.15, -0.1) is 0 Å². The van der Waals surface area contributed by atoms with Crippen molar-refractivity contribution in [3.05, 3.63) is 28.7 Å². The van der Waals surface area contributed by atoms with Gasteiger partial charge in [-0.25, -0.2) is 0 Å². The molecule has 0 spiro atoms. The van der Waals surface area contributed by atoms with E-state index < -0.39 is 0 Å². The van der Waals surface area contributed by atoms with Gasteiger partial charge in [0.2, 0.25) is 5.91 Å². The smallest absolute Gasteiger partial charge is 0.238 e. The highest BCUT2D eigenvalue weighted by atomic mass is 79.9. The molecular weight excluding hydrogens is 268 g/mol. The Hall–Kier alpha value is -0.870. The number of unbranched alkanes of at least 4 members (excludes halogenated alkanes) is 1. The Kier molecular flexibility index (Phi) is 6.11. The van der Waals surface area contributed by atoms with Gasteiger partial charge in [-0.1, -0.05) is 25.5 Å². The fourth-order valence-electron chi connectivity index (χ4n) is 1.26. The molecule has 1 amide bonds. The molecule has 0 radical (unpaired) electrons. The lowest BCUT2D eigenvalue weighted by molar-refractivity contribution is -0.115. The fraction of sp³-hybridized carbons (Fsp3) is 0.417. The highest BCUT2D eigenvalue weighted by Crippen LogP contribution is 2.20. The van der Waals surface area contributed by atoms with Crippen LogP contribution in [0.15, 0.2) is 28.7 Å². The van der Waals surface area contributed by atoms with Crippen LogP contribution < -0.4 is 10.6 Å². The molecule has 0 fully saturated rings. The topological polar surface area (TPSA) is 41.1 Å². The molecule has 0 unspecified atom stereocenters. The zero-order chi connectivity index (χ0) is 11.8. The molecule has 88 valence electrons. The predicted octanol–water partition coefficient (Wildman–Crippen LogP) is 2.78. The second-order valence-corrected chi connectivity index (χ2v) is 4.41. The molecular formula is C12H17BrN2O. The Balaban J connectivity index is 2.32. The molecule has 0 aliphatic heterocycles. The number of benzene rings is 1. The number of hydrogen-bond acceptors (Lipinski definition) is 2. The van der Waals surface area contributed by atoms with E-state index in [0.29, 0.717) is 6.54 Å². The summed E-state index contributed by atoms with van der Waals surface area (Å²) in [6.07, 6.45) is 2.24. The number of carbonyl (C=O) groups is 1. The molecule has 1 aromatic rings. The van der Waals surface area contributed by atoms with E-state index in [1.165, 1.54) is 0 Å². The fourth-order valence-corrected chi connectivity index (χ4v) is 1.64. The third-order valence-electron chi connectivity index (χ3n) is 2.14. The number of anilines is 1. The second-order valence-electron chi connectivity index (χ2n) is 3.56. The molecule has 0 aromatic heterocycles. The molecule has 0 bridgehead atoms. The van der Waals surface area contributed by atoms with Crippen molar-refractivity contribution in [2.24, 2.45) is 0 Å². The maximum absolute atomic E-state index is 11.5. The van der Waals surface area contributed by atoms with Crippen molar-refractivity contribution in [1.82, 2.24) is 5.32 Å². The summed E-state index contributed by atoms with van der Waals surface area (Å²) < 4.78 is 0.900. The molecule has 1 aromatic carbocycles. The van der Waals surface area contributed by atoms with Gasteiger partial charge < -0.3 is 10.6 Å². The van der Waals surface area contributed by atoms with Crippen molar-refractivity contribution < 1.29 is 4.79 Å². The second kappa shape index (κ2) is 7.41. The van der Waals surface area contributed by atoms with Gasteiger partial charge >= 0.3 is 0 Å². The molecule has 2 N–H and O–H groups in total. The van der Waals surface area contributed by atoms with Gasteiger partial charge in [0, 0.05) is 4.47 Å². The molecule has 0 aliphatic rings. The molecule has 3 nitrogen and oxygen atoms in total. The Labute approximate surface area is 105 Å². The summed E-state index contributed by atoms with van der Waals surface area (Å²) in [4.78, 5) is 11.5. The van der Waals surface area contributed by atoms with E-state index >= 15 is 0 Å². The Bertz CT molecular complexity index is 342. The van der Waals surface area contributed by atoms with E-state index in [-0.39, 0.29) is 5.91 Å². The van der Waals surface area contributed by atoms with E-state index in [1.807, 2.05) is 24.3 Å². The minimum Gasteiger partial charge on any atom is -0.324 e. The minimum absolute atomic E-state index is 0.0111. The normalized spacial score (nSPS) is 10.1. The van der Waals surface area contributed by atoms with Crippen LogP contribution in [0.4, 0.5) is 5.69 Å². The van der Waals surface area contributed by atoms with Gasteiger partial charge in [-0.2, -0.15) is 0 Å². The van der Waals surface area contributed by atoms with Crippen molar-refractivity contribution >= 4 is 27.5 Å². The van der Waals surface area contributed by atoms with Crippen molar-refractivity contribution in [3.63, 3.8) is 0 Å². The van der Waals surface area contributed by atoms with Gasteiger partial charge in [-0.05, 0) is 41.0 Å². The highest BCUT2D eigenvalue weighted by molar-refractivity contribution is 9.10. The lowest BCUT2D eigenvalue weighted by atomic mass is 10.3. The van der Waals surface area contributed by atoms with Crippen molar-refractivity contribution in [2.45, 2.75) is 19.8 Å². The van der Waals surface area contributed by atoms with Crippen LogP contribution in [0.25, 0.3) is 0 Å². The Morgan fingerprint density at radius 1 is 1.38 bits per heavy atom. The quantitative estimate of drug-likeness (QED) is 0.789. The van der Waals surface area contributed by atoms with Crippen LogP contribution in [0.3, 0.4) is 0 Å². The average Bonchev–Trinajstić information content (AvgIpc) is 2.28. The van der Waals surface area contributed by atoms with E-state index in [9.17, 15) is 4.79 Å². The largest absolute Gasteiger partial charge is 0.324 e. The molecule has 0 saturated carbocycles. The van der Waals surface area contributed by atoms with Crippen LogP contribution in [-0.4, -0.2) is 19.0 Å². The first-order valence-corrected chi connectivity index (χ1v) is 6.28. The monoisotopic (exact) mass is 284 g/mol. The summed E-state index contributed by atoms with van der Waals surface area (Å²) in [6, 6.07) is 7.58. The number of carbonyl (C=O) groups excluding carboxylic acids is 1. The highest BCUT2D eigenvalue weighted by Gasteiger charge is 2.03. The maximum atomic E-state index is 11.5. The summed E-state index contributed by atoms with van der Waals surface area (Å²) >= 11 is 3.38. The summed E-state index contributed by atoms with van der Waals surface area (Å²) in [5, 5.41) is 5.94. The molecule has 0 heterocycles. The van der Waals surface area contributed by atoms with Crippen molar-refractivity contribution in [2.75, 3.05) is 18.4 Å². The lowest BCUT2D eigenvalue weighted by Crippen LogP contribution is -2.28. The predicted molar refractivity (Wildman–Crippen MR) is 70.5 cm³/mol. The van der Waals surface area contributed by atoms with E-state index in [0.717, 1.165) is 29.5 Å². The first kappa shape index (κ1) is 13.2. The molecule has 16 heavy (non-hydrogen) atoms. The number of nitrogens with one attached hydrogen (secondary N) is 2. The van der Waals surface area contributed by atoms with Crippen LogP contribution in [0.1, 0.15) is 19.8 Å². The summed E-state index contributed by atoms with van der Waals surface area (Å²) in [5.74, 6) is -0.0111. The molecule has 0 aliphatic carbocycles. The van der Waals surface area contributed by atoms with E-state index in [4.69, 9.17) is 0 Å². The third-order valence-corrected chi connectivity index (χ3v) is 2.83. The Morgan fingerprint density at radius 2 is 2.12 bits per heavy atom. The van der Waals surface area contributed by atoms with Crippen LogP contribution in [0, 0.1) is 0 Å². The average molecular weight is 285 g/mol. The van der Waals surface area contributed by atoms with Crippen LogP contribution in [0.2, 0.25) is 0 Å². The van der Waals surface area contributed by atoms with Crippen LogP contribution in [-0.2, 0) is 4.79 Å². The maximum Gasteiger partial charge on any atom is 0.238 e. The third kappa shape index (κ3) is 4.77. The van der Waals surface area contributed by atoms with Crippen LogP contribution >= 0.6 is 15.9 Å². The summed E-state index contributed by atoms with van der Waals surface area (Å²) in [6.45, 7) is 3.38. The SMILES string of the molecule is CCCCNCC(=O)Nc1ccccc1Br. The van der Waals surface area contributed by atoms with Gasteiger partial charge in [0.1, 0.15) is 0 Å². The number of amides is 1. The summed E-state index contributed by atoms with van der Waals surface area (Å²) in [5.41, 5.74) is 0.810.